The minimum Gasteiger partial charge on any atom is -0.304 e. The lowest BCUT2D eigenvalue weighted by molar-refractivity contribution is -0.137. The lowest BCUT2D eigenvalue weighted by Gasteiger charge is -2.10. The van der Waals surface area contributed by atoms with E-state index in [0.29, 0.717) is 16.5 Å². The number of thioether (sulfide) groups is 1. The molecule has 0 radical (unpaired) electrons. The molecule has 8 heteroatoms. The van der Waals surface area contributed by atoms with Crippen LogP contribution in [0.25, 0.3) is 0 Å². The lowest BCUT2D eigenvalue weighted by atomic mass is 10.1. The van der Waals surface area contributed by atoms with Crippen LogP contribution in [0, 0.1) is 6.92 Å². The van der Waals surface area contributed by atoms with Crippen molar-refractivity contribution in [2.45, 2.75) is 24.8 Å². The Morgan fingerprint density at radius 1 is 1.24 bits per heavy atom. The van der Waals surface area contributed by atoms with Gasteiger partial charge in [-0.05, 0) is 37.1 Å². The van der Waals surface area contributed by atoms with Crippen molar-refractivity contribution < 1.29 is 18.0 Å². The van der Waals surface area contributed by atoms with Crippen molar-refractivity contribution in [1.82, 2.24) is 10.3 Å². The third kappa shape index (κ3) is 4.39. The number of halogens is 3. The number of amides is 1. The van der Waals surface area contributed by atoms with E-state index in [1.165, 1.54) is 17.8 Å². The van der Waals surface area contributed by atoms with Crippen LogP contribution in [0.15, 0.2) is 47.5 Å². The molecule has 2 aromatic rings. The van der Waals surface area contributed by atoms with Crippen LogP contribution in [0.3, 0.4) is 0 Å². The fraction of sp³-hybridized carbons (Fsp3) is 0.235. The summed E-state index contributed by atoms with van der Waals surface area (Å²) in [7, 11) is 0. The zero-order valence-corrected chi connectivity index (χ0v) is 14.0. The molecule has 1 fully saturated rings. The fourth-order valence-corrected chi connectivity index (χ4v) is 3.39. The number of hydrogen-bond acceptors (Lipinski definition) is 4. The van der Waals surface area contributed by atoms with Crippen molar-refractivity contribution in [2.75, 3.05) is 0 Å². The van der Waals surface area contributed by atoms with E-state index in [1.807, 2.05) is 19.1 Å². The number of alkyl halides is 3. The Hall–Kier alpha value is -2.35. The first-order valence-electron chi connectivity index (χ1n) is 7.47. The van der Waals surface area contributed by atoms with E-state index in [1.54, 1.807) is 12.1 Å². The molecule has 4 nitrogen and oxygen atoms in total. The third-order valence-corrected chi connectivity index (χ3v) is 4.62. The van der Waals surface area contributed by atoms with Crippen LogP contribution < -0.4 is 5.32 Å². The van der Waals surface area contributed by atoms with Crippen molar-refractivity contribution in [3.05, 3.63) is 59.3 Å². The molecule has 1 amide bonds. The molecule has 130 valence electrons. The van der Waals surface area contributed by atoms with Crippen molar-refractivity contribution in [1.29, 1.82) is 0 Å². The van der Waals surface area contributed by atoms with Crippen LogP contribution in [-0.4, -0.2) is 21.3 Å². The van der Waals surface area contributed by atoms with Crippen molar-refractivity contribution in [3.8, 4) is 0 Å². The van der Waals surface area contributed by atoms with Crippen LogP contribution in [-0.2, 0) is 17.4 Å². The van der Waals surface area contributed by atoms with Gasteiger partial charge in [-0.15, -0.1) is 0 Å². The number of rotatable bonds is 3. The number of carbonyl (C=O) groups is 1. The number of aryl methyl sites for hydroxylation is 1. The second-order valence-corrected chi connectivity index (χ2v) is 6.74. The number of benzene rings is 1. The number of hydrogen-bond donors (Lipinski definition) is 1. The second kappa shape index (κ2) is 6.87. The first-order valence-corrected chi connectivity index (χ1v) is 8.35. The SMILES string of the molecule is Cc1cccc(/N=C2/NC(=O)C(Cc3cccc(C(F)(F)F)c3)S2)n1. The largest absolute Gasteiger partial charge is 0.416 e. The predicted octanol–water partition coefficient (Wildman–Crippen LogP) is 3.87. The highest BCUT2D eigenvalue weighted by atomic mass is 32.2. The quantitative estimate of drug-likeness (QED) is 0.898. The molecule has 1 aliphatic rings. The van der Waals surface area contributed by atoms with Gasteiger partial charge in [0.2, 0.25) is 5.91 Å². The Balaban J connectivity index is 1.74. The van der Waals surface area contributed by atoms with E-state index in [0.717, 1.165) is 17.8 Å². The molecule has 0 aliphatic carbocycles. The van der Waals surface area contributed by atoms with Gasteiger partial charge < -0.3 is 5.32 Å². The molecule has 1 aromatic heterocycles. The number of carbonyl (C=O) groups excluding carboxylic acids is 1. The Morgan fingerprint density at radius 3 is 2.72 bits per heavy atom. The first-order chi connectivity index (χ1) is 11.8. The van der Waals surface area contributed by atoms with Crippen LogP contribution in [0.2, 0.25) is 0 Å². The molecule has 1 atom stereocenters. The average Bonchev–Trinajstić information content (AvgIpc) is 2.86. The zero-order valence-electron chi connectivity index (χ0n) is 13.2. The summed E-state index contributed by atoms with van der Waals surface area (Å²) in [5, 5.41) is 2.53. The van der Waals surface area contributed by atoms with Gasteiger partial charge in [-0.1, -0.05) is 36.0 Å². The summed E-state index contributed by atoms with van der Waals surface area (Å²) in [4.78, 5) is 20.6. The maximum absolute atomic E-state index is 12.8. The van der Waals surface area contributed by atoms with E-state index < -0.39 is 17.0 Å². The Labute approximate surface area is 146 Å². The topological polar surface area (TPSA) is 54.4 Å². The van der Waals surface area contributed by atoms with Crippen LogP contribution in [0.5, 0.6) is 0 Å². The molecule has 3 rings (SSSR count). The normalized spacial score (nSPS) is 19.3. The first kappa shape index (κ1) is 17.5. The van der Waals surface area contributed by atoms with E-state index in [-0.39, 0.29) is 12.3 Å². The number of aromatic nitrogens is 1. The fourth-order valence-electron chi connectivity index (χ4n) is 2.38. The van der Waals surface area contributed by atoms with E-state index in [2.05, 4.69) is 15.3 Å². The second-order valence-electron chi connectivity index (χ2n) is 5.55. The van der Waals surface area contributed by atoms with E-state index in [4.69, 9.17) is 0 Å². The van der Waals surface area contributed by atoms with Gasteiger partial charge in [-0.25, -0.2) is 9.98 Å². The maximum atomic E-state index is 12.8. The Kier molecular flexibility index (Phi) is 4.80. The number of nitrogens with zero attached hydrogens (tertiary/aromatic N) is 2. The van der Waals surface area contributed by atoms with Gasteiger partial charge in [0.15, 0.2) is 11.0 Å². The van der Waals surface area contributed by atoms with Gasteiger partial charge in [0, 0.05) is 5.69 Å². The summed E-state index contributed by atoms with van der Waals surface area (Å²) < 4.78 is 38.4. The van der Waals surface area contributed by atoms with Gasteiger partial charge in [-0.2, -0.15) is 13.2 Å². The number of nitrogens with one attached hydrogen (secondary N) is 1. The summed E-state index contributed by atoms with van der Waals surface area (Å²) in [5.41, 5.74) is 0.542. The summed E-state index contributed by atoms with van der Waals surface area (Å²) in [6.45, 7) is 1.83. The molecule has 0 bridgehead atoms. The minimum atomic E-state index is -4.40. The molecule has 1 saturated heterocycles. The summed E-state index contributed by atoms with van der Waals surface area (Å²) in [5.74, 6) is 0.205. The lowest BCUT2D eigenvalue weighted by Crippen LogP contribution is -2.26. The van der Waals surface area contributed by atoms with Gasteiger partial charge in [-0.3, -0.25) is 4.79 Å². The summed E-state index contributed by atoms with van der Waals surface area (Å²) >= 11 is 1.20. The minimum absolute atomic E-state index is 0.195. The summed E-state index contributed by atoms with van der Waals surface area (Å²) in [6, 6.07) is 10.4. The van der Waals surface area contributed by atoms with Crippen LogP contribution >= 0.6 is 11.8 Å². The van der Waals surface area contributed by atoms with Gasteiger partial charge in [0.05, 0.1) is 10.8 Å². The van der Waals surface area contributed by atoms with Crippen molar-refractivity contribution in [2.24, 2.45) is 4.99 Å². The zero-order chi connectivity index (χ0) is 18.0. The third-order valence-electron chi connectivity index (χ3n) is 3.54. The van der Waals surface area contributed by atoms with Gasteiger partial charge in [0.1, 0.15) is 0 Å². The standard InChI is InChI=1S/C17H14F3N3OS/c1-10-4-2-7-14(21-10)22-16-23-15(24)13(25-16)9-11-5-3-6-12(8-11)17(18,19)20/h2-8,13H,9H2,1H3,(H,21,22,23,24). The highest BCUT2D eigenvalue weighted by Crippen LogP contribution is 2.31. The number of aliphatic imine (C=N–C) groups is 1. The highest BCUT2D eigenvalue weighted by molar-refractivity contribution is 8.15. The molecule has 25 heavy (non-hydrogen) atoms. The molecule has 1 N–H and O–H groups in total. The monoisotopic (exact) mass is 365 g/mol. The van der Waals surface area contributed by atoms with Crippen LogP contribution in [0.4, 0.5) is 19.0 Å². The van der Waals surface area contributed by atoms with Gasteiger partial charge >= 0.3 is 6.18 Å². The van der Waals surface area contributed by atoms with Crippen molar-refractivity contribution in [3.63, 3.8) is 0 Å². The van der Waals surface area contributed by atoms with Crippen molar-refractivity contribution >= 4 is 28.7 Å². The highest BCUT2D eigenvalue weighted by Gasteiger charge is 2.33. The van der Waals surface area contributed by atoms with Crippen LogP contribution in [0.1, 0.15) is 16.8 Å². The Morgan fingerprint density at radius 2 is 2.00 bits per heavy atom. The molecular weight excluding hydrogens is 351 g/mol. The van der Waals surface area contributed by atoms with E-state index >= 15 is 0 Å². The molecule has 0 spiro atoms. The predicted molar refractivity (Wildman–Crippen MR) is 90.7 cm³/mol. The summed E-state index contributed by atoms with van der Waals surface area (Å²) in [6.07, 6.45) is -4.20. The van der Waals surface area contributed by atoms with Gasteiger partial charge in [0.25, 0.3) is 0 Å². The molecule has 1 unspecified atom stereocenters. The molecule has 1 aromatic carbocycles. The molecular formula is C17H14F3N3OS. The maximum Gasteiger partial charge on any atom is 0.416 e. The number of amidine groups is 1. The van der Waals surface area contributed by atoms with E-state index in [9.17, 15) is 18.0 Å². The average molecular weight is 365 g/mol. The molecule has 0 saturated carbocycles. The number of pyridine rings is 1. The smallest absolute Gasteiger partial charge is 0.304 e. The molecule has 1 aliphatic heterocycles. The Bertz CT molecular complexity index is 836. The molecule has 2 heterocycles.